The topological polar surface area (TPSA) is 51.0 Å². The summed E-state index contributed by atoms with van der Waals surface area (Å²) in [6, 6.07) is 9.50. The van der Waals surface area contributed by atoms with Crippen LogP contribution in [0, 0.1) is 0 Å². The molecule has 1 heterocycles. The number of ether oxygens (including phenoxy) is 1. The van der Waals surface area contributed by atoms with E-state index in [0.29, 0.717) is 5.57 Å². The number of hydrogen-bond acceptors (Lipinski definition) is 4. The van der Waals surface area contributed by atoms with Crippen molar-refractivity contribution < 1.29 is 9.53 Å². The van der Waals surface area contributed by atoms with Crippen LogP contribution in [0.15, 0.2) is 64.4 Å². The zero-order valence-electron chi connectivity index (χ0n) is 9.69. The normalized spacial score (nSPS) is 13.7. The summed E-state index contributed by atoms with van der Waals surface area (Å²) in [5.41, 5.74) is 1.27. The molecule has 0 aromatic heterocycles. The molecule has 0 amide bonds. The van der Waals surface area contributed by atoms with Crippen LogP contribution in [0.25, 0.3) is 0 Å². The first-order valence-electron chi connectivity index (χ1n) is 5.49. The van der Waals surface area contributed by atoms with Gasteiger partial charge in [0.25, 0.3) is 0 Å². The Bertz CT molecular complexity index is 528. The Hall–Kier alpha value is -2.49. The predicted octanol–water partition coefficient (Wildman–Crippen LogP) is 2.28. The van der Waals surface area contributed by atoms with Crippen LogP contribution in [0.1, 0.15) is 5.56 Å². The lowest BCUT2D eigenvalue weighted by Gasteiger charge is -2.04. The Labute approximate surface area is 105 Å². The van der Waals surface area contributed by atoms with Gasteiger partial charge in [0.2, 0.25) is 0 Å². The quantitative estimate of drug-likeness (QED) is 0.761. The van der Waals surface area contributed by atoms with Gasteiger partial charge in [-0.3, -0.25) is 9.98 Å². The second kappa shape index (κ2) is 6.30. The average Bonchev–Trinajstić information content (AvgIpc) is 2.37. The molecule has 0 bridgehead atoms. The molecule has 2 rings (SSSR count). The minimum absolute atomic E-state index is 0.240. The summed E-state index contributed by atoms with van der Waals surface area (Å²) in [6.07, 6.45) is 7.65. The molecule has 0 saturated heterocycles. The molecule has 1 aliphatic heterocycles. The standard InChI is InChI=1S/C14H12N2O2/c17-14(13-9-15-7-4-8-16-10-13)18-11-12-5-2-1-3-6-12/h1-10H,11H2. The highest BCUT2D eigenvalue weighted by Crippen LogP contribution is 2.04. The van der Waals surface area contributed by atoms with E-state index in [2.05, 4.69) is 9.98 Å². The molecule has 1 aliphatic rings. The van der Waals surface area contributed by atoms with Crippen molar-refractivity contribution in [3.8, 4) is 0 Å². The fourth-order valence-corrected chi connectivity index (χ4v) is 1.33. The highest BCUT2D eigenvalue weighted by atomic mass is 16.5. The van der Waals surface area contributed by atoms with Crippen LogP contribution in [-0.4, -0.2) is 18.4 Å². The number of hydrogen-bond donors (Lipinski definition) is 0. The third-order valence-corrected chi connectivity index (χ3v) is 2.22. The number of rotatable bonds is 3. The number of carbonyl (C=O) groups excluding carboxylic acids is 1. The minimum atomic E-state index is -0.435. The van der Waals surface area contributed by atoms with Crippen molar-refractivity contribution in [2.45, 2.75) is 6.61 Å². The van der Waals surface area contributed by atoms with E-state index in [9.17, 15) is 4.79 Å². The first kappa shape index (κ1) is 12.0. The number of aliphatic imine (C=N–C) groups is 2. The smallest absolute Gasteiger partial charge is 0.341 e. The van der Waals surface area contributed by atoms with Gasteiger partial charge in [-0.1, -0.05) is 30.3 Å². The zero-order chi connectivity index (χ0) is 12.6. The molecule has 0 saturated carbocycles. The van der Waals surface area contributed by atoms with E-state index < -0.39 is 5.97 Å². The van der Waals surface area contributed by atoms with Crippen LogP contribution in [0.3, 0.4) is 0 Å². The van der Waals surface area contributed by atoms with Crippen LogP contribution in [0.2, 0.25) is 0 Å². The highest BCUT2D eigenvalue weighted by molar-refractivity contribution is 6.09. The van der Waals surface area contributed by atoms with E-state index in [-0.39, 0.29) is 6.61 Å². The van der Waals surface area contributed by atoms with E-state index in [1.165, 1.54) is 12.4 Å². The van der Waals surface area contributed by atoms with Crippen LogP contribution in [0.4, 0.5) is 0 Å². The summed E-state index contributed by atoms with van der Waals surface area (Å²) >= 11 is 0. The van der Waals surface area contributed by atoms with Crippen molar-refractivity contribution >= 4 is 18.4 Å². The fraction of sp³-hybridized carbons (Fsp3) is 0.0714. The van der Waals surface area contributed by atoms with Crippen LogP contribution < -0.4 is 0 Å². The molecular weight excluding hydrogens is 228 g/mol. The second-order valence-corrected chi connectivity index (χ2v) is 3.56. The lowest BCUT2D eigenvalue weighted by Crippen LogP contribution is -2.09. The summed E-state index contributed by atoms with van der Waals surface area (Å²) in [4.78, 5) is 19.6. The molecule has 4 heteroatoms. The molecule has 18 heavy (non-hydrogen) atoms. The van der Waals surface area contributed by atoms with Crippen LogP contribution in [-0.2, 0) is 16.1 Å². The molecule has 1 aromatic carbocycles. The van der Waals surface area contributed by atoms with Gasteiger partial charge in [-0.25, -0.2) is 4.79 Å². The average molecular weight is 240 g/mol. The summed E-state index contributed by atoms with van der Waals surface area (Å²) in [5.74, 6) is -0.435. The Balaban J connectivity index is 1.96. The molecule has 0 radical (unpaired) electrons. The van der Waals surface area contributed by atoms with Gasteiger partial charge in [0, 0.05) is 24.8 Å². The van der Waals surface area contributed by atoms with E-state index in [1.807, 2.05) is 30.3 Å². The largest absolute Gasteiger partial charge is 0.457 e. The highest BCUT2D eigenvalue weighted by Gasteiger charge is 2.09. The Kier molecular flexibility index (Phi) is 4.19. The van der Waals surface area contributed by atoms with Gasteiger partial charge in [-0.2, -0.15) is 0 Å². The predicted molar refractivity (Wildman–Crippen MR) is 70.4 cm³/mol. The second-order valence-electron chi connectivity index (χ2n) is 3.56. The molecule has 0 N–H and O–H groups in total. The number of allylic oxidation sites excluding steroid dienone is 1. The third-order valence-electron chi connectivity index (χ3n) is 2.22. The van der Waals surface area contributed by atoms with E-state index >= 15 is 0 Å². The Morgan fingerprint density at radius 3 is 2.83 bits per heavy atom. The molecule has 0 fully saturated rings. The lowest BCUT2D eigenvalue weighted by molar-refractivity contribution is -0.139. The maximum absolute atomic E-state index is 11.8. The maximum atomic E-state index is 11.8. The van der Waals surface area contributed by atoms with Gasteiger partial charge in [0.1, 0.15) is 6.61 Å². The summed E-state index contributed by atoms with van der Waals surface area (Å²) < 4.78 is 5.17. The van der Waals surface area contributed by atoms with E-state index in [1.54, 1.807) is 18.5 Å². The van der Waals surface area contributed by atoms with Crippen molar-refractivity contribution in [3.05, 3.63) is 59.9 Å². The summed E-state index contributed by atoms with van der Waals surface area (Å²) in [7, 11) is 0. The molecule has 0 unspecified atom stereocenters. The van der Waals surface area contributed by atoms with Crippen LogP contribution in [0.5, 0.6) is 0 Å². The number of esters is 1. The lowest BCUT2D eigenvalue weighted by atomic mass is 10.2. The van der Waals surface area contributed by atoms with Crippen molar-refractivity contribution in [2.24, 2.45) is 9.98 Å². The molecule has 0 aliphatic carbocycles. The fourth-order valence-electron chi connectivity index (χ4n) is 1.33. The minimum Gasteiger partial charge on any atom is -0.457 e. The monoisotopic (exact) mass is 240 g/mol. The molecular formula is C14H12N2O2. The van der Waals surface area contributed by atoms with Gasteiger partial charge in [-0.05, 0) is 11.6 Å². The van der Waals surface area contributed by atoms with Crippen molar-refractivity contribution in [2.75, 3.05) is 0 Å². The molecule has 1 aromatic rings. The SMILES string of the molecule is O=C(OCc1ccccc1)C1=CN=CC=CN=C1. The van der Waals surface area contributed by atoms with Crippen molar-refractivity contribution in [3.63, 3.8) is 0 Å². The summed E-state index contributed by atoms with van der Waals surface area (Å²) in [5, 5.41) is 0. The van der Waals surface area contributed by atoms with Crippen molar-refractivity contribution in [1.29, 1.82) is 0 Å². The number of nitrogens with zero attached hydrogens (tertiary/aromatic N) is 2. The van der Waals surface area contributed by atoms with Gasteiger partial charge >= 0.3 is 5.97 Å². The van der Waals surface area contributed by atoms with E-state index in [4.69, 9.17) is 4.74 Å². The Morgan fingerprint density at radius 1 is 1.17 bits per heavy atom. The molecule has 0 spiro atoms. The van der Waals surface area contributed by atoms with Gasteiger partial charge in [0.05, 0.1) is 5.57 Å². The summed E-state index contributed by atoms with van der Waals surface area (Å²) in [6.45, 7) is 0.240. The first-order chi connectivity index (χ1) is 8.86. The van der Waals surface area contributed by atoms with Gasteiger partial charge < -0.3 is 4.74 Å². The van der Waals surface area contributed by atoms with Crippen molar-refractivity contribution in [1.82, 2.24) is 0 Å². The molecule has 0 atom stereocenters. The molecule has 4 nitrogen and oxygen atoms in total. The van der Waals surface area contributed by atoms with E-state index in [0.717, 1.165) is 5.56 Å². The van der Waals surface area contributed by atoms with Gasteiger partial charge in [0.15, 0.2) is 0 Å². The zero-order valence-corrected chi connectivity index (χ0v) is 9.69. The van der Waals surface area contributed by atoms with Gasteiger partial charge in [-0.15, -0.1) is 0 Å². The maximum Gasteiger partial charge on any atom is 0.341 e. The van der Waals surface area contributed by atoms with Crippen LogP contribution >= 0.6 is 0 Å². The Morgan fingerprint density at radius 2 is 2.00 bits per heavy atom. The number of carbonyl (C=O) groups is 1. The third kappa shape index (κ3) is 3.52. The number of benzene rings is 1. The molecule has 90 valence electrons. The first-order valence-corrected chi connectivity index (χ1v) is 5.49.